The highest BCUT2D eigenvalue weighted by molar-refractivity contribution is 6.49. The van der Waals surface area contributed by atoms with E-state index in [1.165, 1.54) is 24.3 Å². The second kappa shape index (κ2) is 6.67. The molecule has 0 radical (unpaired) electrons. The Labute approximate surface area is 125 Å². The molecule has 0 aromatic heterocycles. The van der Waals surface area contributed by atoms with Crippen LogP contribution in [0.5, 0.6) is 11.5 Å². The van der Waals surface area contributed by atoms with Crippen LogP contribution in [0, 0.1) is 10.1 Å². The maximum Gasteiger partial charge on any atom is 0.273 e. The number of aldehydes is 1. The van der Waals surface area contributed by atoms with Crippen molar-refractivity contribution in [2.24, 2.45) is 0 Å². The molecule has 0 atom stereocenters. The Kier molecular flexibility index (Phi) is 4.68. The summed E-state index contributed by atoms with van der Waals surface area (Å²) in [5, 5.41) is 11.0. The second-order valence-corrected chi connectivity index (χ2v) is 4.44. The Morgan fingerprint density at radius 3 is 2.48 bits per heavy atom. The summed E-state index contributed by atoms with van der Waals surface area (Å²) in [6.07, 6.45) is 1.82. The number of ether oxygens (including phenoxy) is 1. The van der Waals surface area contributed by atoms with Crippen molar-refractivity contribution in [1.29, 1.82) is 0 Å². The van der Waals surface area contributed by atoms with Crippen molar-refractivity contribution in [2.45, 2.75) is 0 Å². The zero-order chi connectivity index (χ0) is 15.2. The fourth-order valence-corrected chi connectivity index (χ4v) is 1.83. The van der Waals surface area contributed by atoms with Crippen molar-refractivity contribution in [2.75, 3.05) is 0 Å². The predicted octanol–water partition coefficient (Wildman–Crippen LogP) is 4.17. The molecular weight excluding hydrogens is 294 g/mol. The second-order valence-electron chi connectivity index (χ2n) is 4.04. The van der Waals surface area contributed by atoms with Gasteiger partial charge in [0.05, 0.1) is 16.0 Å². The molecule has 0 unspecified atom stereocenters. The molecule has 5 nitrogen and oxygen atoms in total. The molecule has 106 valence electrons. The summed E-state index contributed by atoms with van der Waals surface area (Å²) in [6, 6.07) is 12.6. The van der Waals surface area contributed by atoms with Gasteiger partial charge in [-0.1, -0.05) is 29.8 Å². The Morgan fingerprint density at radius 2 is 1.81 bits per heavy atom. The first-order valence-corrected chi connectivity index (χ1v) is 6.31. The minimum Gasteiger partial charge on any atom is -0.457 e. The van der Waals surface area contributed by atoms with Crippen LogP contribution in [0.15, 0.2) is 54.6 Å². The molecule has 0 aliphatic heterocycles. The number of carbonyl (C=O) groups is 1. The van der Waals surface area contributed by atoms with Gasteiger partial charge >= 0.3 is 0 Å². The van der Waals surface area contributed by atoms with Crippen molar-refractivity contribution < 1.29 is 14.5 Å². The number of hydrogen-bond acceptors (Lipinski definition) is 4. The number of hydrogen-bond donors (Lipinski definition) is 0. The molecule has 0 spiro atoms. The topological polar surface area (TPSA) is 69.4 Å². The van der Waals surface area contributed by atoms with E-state index in [1.54, 1.807) is 30.3 Å². The summed E-state index contributed by atoms with van der Waals surface area (Å²) in [5.41, 5.74) is 0.564. The fourth-order valence-electron chi connectivity index (χ4n) is 1.66. The first kappa shape index (κ1) is 14.7. The quantitative estimate of drug-likeness (QED) is 0.360. The zero-order valence-corrected chi connectivity index (χ0v) is 11.5. The Bertz CT molecular complexity index is 712. The van der Waals surface area contributed by atoms with Crippen molar-refractivity contribution in [3.63, 3.8) is 0 Å². The number of halogens is 1. The van der Waals surface area contributed by atoms with Crippen molar-refractivity contribution >= 4 is 28.6 Å². The largest absolute Gasteiger partial charge is 0.457 e. The highest BCUT2D eigenvalue weighted by Crippen LogP contribution is 2.28. The Balaban J connectivity index is 2.26. The molecule has 0 aliphatic carbocycles. The van der Waals surface area contributed by atoms with E-state index in [9.17, 15) is 14.9 Å². The van der Waals surface area contributed by atoms with Crippen LogP contribution in [0.2, 0.25) is 0 Å². The minimum absolute atomic E-state index is 0.0532. The van der Waals surface area contributed by atoms with Gasteiger partial charge in [-0.2, -0.15) is 0 Å². The van der Waals surface area contributed by atoms with Gasteiger partial charge in [-0.3, -0.25) is 14.9 Å². The van der Waals surface area contributed by atoms with Crippen LogP contribution in [0.4, 0.5) is 5.69 Å². The van der Waals surface area contributed by atoms with E-state index in [0.717, 1.165) is 0 Å². The van der Waals surface area contributed by atoms with Crippen LogP contribution < -0.4 is 4.74 Å². The molecule has 0 fully saturated rings. The van der Waals surface area contributed by atoms with E-state index < -0.39 is 4.92 Å². The van der Waals surface area contributed by atoms with Crippen LogP contribution in [0.25, 0.3) is 5.03 Å². The lowest BCUT2D eigenvalue weighted by atomic mass is 10.2. The number of allylic oxidation sites excluding steroid dienone is 1. The van der Waals surface area contributed by atoms with Gasteiger partial charge in [-0.15, -0.1) is 0 Å². The van der Waals surface area contributed by atoms with Crippen LogP contribution in [-0.4, -0.2) is 11.2 Å². The van der Waals surface area contributed by atoms with Gasteiger partial charge in [0, 0.05) is 6.07 Å². The number of nitro groups is 1. The molecule has 6 heteroatoms. The van der Waals surface area contributed by atoms with Gasteiger partial charge in [-0.25, -0.2) is 0 Å². The lowest BCUT2D eigenvalue weighted by Crippen LogP contribution is -1.90. The number of benzene rings is 2. The van der Waals surface area contributed by atoms with E-state index >= 15 is 0 Å². The molecule has 2 aromatic carbocycles. The van der Waals surface area contributed by atoms with Gasteiger partial charge in [0.15, 0.2) is 0 Å². The zero-order valence-electron chi connectivity index (χ0n) is 10.7. The molecule has 0 aliphatic rings. The number of rotatable bonds is 5. The van der Waals surface area contributed by atoms with Crippen LogP contribution >= 0.6 is 11.6 Å². The summed E-state index contributed by atoms with van der Waals surface area (Å²) in [4.78, 5) is 20.6. The van der Waals surface area contributed by atoms with E-state index in [-0.39, 0.29) is 10.7 Å². The van der Waals surface area contributed by atoms with E-state index in [1.807, 2.05) is 0 Å². The number of nitrogens with zero attached hydrogens (tertiary/aromatic N) is 1. The van der Waals surface area contributed by atoms with Crippen LogP contribution in [-0.2, 0) is 4.79 Å². The van der Waals surface area contributed by atoms with Crippen molar-refractivity contribution in [1.82, 2.24) is 0 Å². The van der Waals surface area contributed by atoms with Gasteiger partial charge in [-0.05, 0) is 29.8 Å². The Hall–Kier alpha value is -2.66. The van der Waals surface area contributed by atoms with Gasteiger partial charge in [0.1, 0.15) is 17.8 Å². The summed E-state index contributed by atoms with van der Waals surface area (Å²) in [5.74, 6) is 0.808. The first-order valence-electron chi connectivity index (χ1n) is 5.94. The molecule has 0 saturated carbocycles. The summed E-state index contributed by atoms with van der Waals surface area (Å²) in [6.45, 7) is 0. The van der Waals surface area contributed by atoms with E-state index in [4.69, 9.17) is 16.3 Å². The predicted molar refractivity (Wildman–Crippen MR) is 79.5 cm³/mol. The SMILES string of the molecule is O=CC=C(Cl)c1cccc(Oc2cccc([N+](=O)[O-])c2)c1. The summed E-state index contributed by atoms with van der Waals surface area (Å²) < 4.78 is 5.56. The molecular formula is C15H10ClNO4. The smallest absolute Gasteiger partial charge is 0.273 e. The maximum absolute atomic E-state index is 10.7. The van der Waals surface area contributed by atoms with E-state index in [0.29, 0.717) is 23.3 Å². The first-order chi connectivity index (χ1) is 10.1. The molecule has 0 bridgehead atoms. The molecule has 2 aromatic rings. The fraction of sp³-hybridized carbons (Fsp3) is 0. The third-order valence-electron chi connectivity index (χ3n) is 2.59. The number of non-ortho nitro benzene ring substituents is 1. The molecule has 21 heavy (non-hydrogen) atoms. The monoisotopic (exact) mass is 303 g/mol. The highest BCUT2D eigenvalue weighted by Gasteiger charge is 2.07. The van der Waals surface area contributed by atoms with Gasteiger partial charge < -0.3 is 4.74 Å². The number of nitro benzene ring substituents is 1. The summed E-state index contributed by atoms with van der Waals surface area (Å²) >= 11 is 5.93. The van der Waals surface area contributed by atoms with Gasteiger partial charge in [0.25, 0.3) is 5.69 Å². The normalized spacial score (nSPS) is 11.0. The van der Waals surface area contributed by atoms with Crippen LogP contribution in [0.3, 0.4) is 0 Å². The van der Waals surface area contributed by atoms with E-state index in [2.05, 4.69) is 0 Å². The van der Waals surface area contributed by atoms with Crippen molar-refractivity contribution in [3.8, 4) is 11.5 Å². The lowest BCUT2D eigenvalue weighted by Gasteiger charge is -2.07. The average Bonchev–Trinajstić information content (AvgIpc) is 2.48. The molecule has 2 rings (SSSR count). The van der Waals surface area contributed by atoms with Crippen molar-refractivity contribution in [3.05, 3.63) is 70.3 Å². The van der Waals surface area contributed by atoms with Gasteiger partial charge in [0.2, 0.25) is 0 Å². The van der Waals surface area contributed by atoms with Crippen LogP contribution in [0.1, 0.15) is 5.56 Å². The third-order valence-corrected chi connectivity index (χ3v) is 2.93. The minimum atomic E-state index is -0.493. The summed E-state index contributed by atoms with van der Waals surface area (Å²) in [7, 11) is 0. The maximum atomic E-state index is 10.7. The highest BCUT2D eigenvalue weighted by atomic mass is 35.5. The molecule has 0 N–H and O–H groups in total. The average molecular weight is 304 g/mol. The standard InChI is InChI=1S/C15H10ClNO4/c16-15(7-8-18)11-3-1-5-13(9-11)21-14-6-2-4-12(10-14)17(19)20/h1-10H. The molecule has 0 heterocycles. The molecule has 0 amide bonds. The Morgan fingerprint density at radius 1 is 1.14 bits per heavy atom. The molecule has 0 saturated heterocycles. The lowest BCUT2D eigenvalue weighted by molar-refractivity contribution is -0.384. The third kappa shape index (κ3) is 3.90. The number of carbonyl (C=O) groups excluding carboxylic acids is 1.